The lowest BCUT2D eigenvalue weighted by Gasteiger charge is -2.15. The average molecular weight is 622 g/mol. The van der Waals surface area contributed by atoms with Gasteiger partial charge in [0.15, 0.2) is 18.1 Å². The first-order valence-corrected chi connectivity index (χ1v) is 14.7. The summed E-state index contributed by atoms with van der Waals surface area (Å²) >= 11 is 13.5. The summed E-state index contributed by atoms with van der Waals surface area (Å²) in [6, 6.07) is 22.2. The molecule has 0 unspecified atom stereocenters. The largest absolute Gasteiger partial charge is 0.490 e. The highest BCUT2D eigenvalue weighted by Crippen LogP contribution is 2.39. The molecular weight excluding hydrogens is 595 g/mol. The zero-order valence-electron chi connectivity index (χ0n) is 22.8. The molecule has 5 rings (SSSR count). The van der Waals surface area contributed by atoms with Crippen LogP contribution in [0.25, 0.3) is 16.8 Å². The van der Waals surface area contributed by atoms with Crippen LogP contribution in [0.2, 0.25) is 10.0 Å². The molecular formula is C32H26Cl2N2O5S. The second-order valence-electron chi connectivity index (χ2n) is 9.51. The Morgan fingerprint density at radius 1 is 0.952 bits per heavy atom. The van der Waals surface area contributed by atoms with Crippen LogP contribution >= 0.6 is 35.0 Å². The lowest BCUT2D eigenvalue weighted by atomic mass is 10.1. The summed E-state index contributed by atoms with van der Waals surface area (Å²) in [5.41, 5.74) is 2.84. The van der Waals surface area contributed by atoms with Crippen LogP contribution in [0.4, 0.5) is 10.5 Å². The van der Waals surface area contributed by atoms with Crippen LogP contribution in [0.5, 0.6) is 11.5 Å². The van der Waals surface area contributed by atoms with Gasteiger partial charge in [-0.05, 0) is 89.5 Å². The molecule has 1 saturated heterocycles. The SMILES string of the molecule is CCOc1cc(/C=C2\SC(=O)N(Cc3ccc4ccccc4c3)C2=O)cc(Cl)c1OCC(=O)Nc1ccc(C)c(Cl)c1. The lowest BCUT2D eigenvalue weighted by Crippen LogP contribution is -2.27. The van der Waals surface area contributed by atoms with Crippen molar-refractivity contribution in [2.24, 2.45) is 0 Å². The number of nitrogens with zero attached hydrogens (tertiary/aromatic N) is 1. The molecule has 10 heteroatoms. The molecule has 1 aliphatic rings. The zero-order valence-corrected chi connectivity index (χ0v) is 25.1. The Bertz CT molecular complexity index is 1740. The lowest BCUT2D eigenvalue weighted by molar-refractivity contribution is -0.123. The second kappa shape index (κ2) is 12.9. The summed E-state index contributed by atoms with van der Waals surface area (Å²) in [6.45, 7) is 3.83. The van der Waals surface area contributed by atoms with E-state index in [9.17, 15) is 14.4 Å². The van der Waals surface area contributed by atoms with E-state index >= 15 is 0 Å². The van der Waals surface area contributed by atoms with Gasteiger partial charge in [-0.2, -0.15) is 0 Å². The first-order chi connectivity index (χ1) is 20.2. The number of amides is 3. The van der Waals surface area contributed by atoms with Crippen LogP contribution in [0.1, 0.15) is 23.6 Å². The number of imide groups is 1. The van der Waals surface area contributed by atoms with Gasteiger partial charge >= 0.3 is 0 Å². The number of nitrogens with one attached hydrogen (secondary N) is 1. The van der Waals surface area contributed by atoms with Crippen molar-refractivity contribution in [2.75, 3.05) is 18.5 Å². The molecule has 1 fully saturated rings. The van der Waals surface area contributed by atoms with E-state index in [1.807, 2.05) is 49.4 Å². The monoisotopic (exact) mass is 620 g/mol. The van der Waals surface area contributed by atoms with Crippen LogP contribution in [0.3, 0.4) is 0 Å². The van der Waals surface area contributed by atoms with Gasteiger partial charge in [-0.15, -0.1) is 0 Å². The van der Waals surface area contributed by atoms with Crippen molar-refractivity contribution in [3.05, 3.63) is 104 Å². The fraction of sp³-hybridized carbons (Fsp3) is 0.156. The third-order valence-electron chi connectivity index (χ3n) is 6.46. The number of fused-ring (bicyclic) bond motifs is 1. The van der Waals surface area contributed by atoms with E-state index in [4.69, 9.17) is 32.7 Å². The Balaban J connectivity index is 1.30. The Morgan fingerprint density at radius 3 is 2.50 bits per heavy atom. The van der Waals surface area contributed by atoms with Gasteiger partial charge in [-0.25, -0.2) is 0 Å². The minimum atomic E-state index is -0.405. The molecule has 0 radical (unpaired) electrons. The van der Waals surface area contributed by atoms with Crippen molar-refractivity contribution < 1.29 is 23.9 Å². The maximum Gasteiger partial charge on any atom is 0.293 e. The molecule has 0 aliphatic carbocycles. The highest BCUT2D eigenvalue weighted by atomic mass is 35.5. The van der Waals surface area contributed by atoms with Crippen LogP contribution < -0.4 is 14.8 Å². The number of halogens is 2. The van der Waals surface area contributed by atoms with Crippen molar-refractivity contribution in [3.8, 4) is 11.5 Å². The predicted molar refractivity (Wildman–Crippen MR) is 168 cm³/mol. The fourth-order valence-electron chi connectivity index (χ4n) is 4.39. The summed E-state index contributed by atoms with van der Waals surface area (Å²) in [4.78, 5) is 40.0. The smallest absolute Gasteiger partial charge is 0.293 e. The van der Waals surface area contributed by atoms with Gasteiger partial charge in [-0.1, -0.05) is 65.7 Å². The van der Waals surface area contributed by atoms with Crippen molar-refractivity contribution >= 4 is 74.6 Å². The summed E-state index contributed by atoms with van der Waals surface area (Å²) in [6.07, 6.45) is 1.59. The van der Waals surface area contributed by atoms with Gasteiger partial charge in [0, 0.05) is 10.7 Å². The summed E-state index contributed by atoms with van der Waals surface area (Å²) in [5, 5.41) is 5.23. The van der Waals surface area contributed by atoms with Gasteiger partial charge in [0.25, 0.3) is 17.1 Å². The minimum Gasteiger partial charge on any atom is -0.490 e. The van der Waals surface area contributed by atoms with Crippen LogP contribution in [-0.2, 0) is 16.1 Å². The second-order valence-corrected chi connectivity index (χ2v) is 11.3. The normalized spacial score (nSPS) is 14.1. The number of hydrogen-bond acceptors (Lipinski definition) is 6. The number of carbonyl (C=O) groups excluding carboxylic acids is 3. The van der Waals surface area contributed by atoms with Gasteiger partial charge in [0.05, 0.1) is 23.1 Å². The number of ether oxygens (including phenoxy) is 2. The minimum absolute atomic E-state index is 0.168. The molecule has 1 N–H and O–H groups in total. The zero-order chi connectivity index (χ0) is 29.8. The van der Waals surface area contributed by atoms with E-state index in [0.717, 1.165) is 33.7 Å². The molecule has 3 amide bonds. The molecule has 42 heavy (non-hydrogen) atoms. The molecule has 214 valence electrons. The molecule has 0 bridgehead atoms. The van der Waals surface area contributed by atoms with Crippen molar-refractivity contribution in [2.45, 2.75) is 20.4 Å². The molecule has 0 saturated carbocycles. The third kappa shape index (κ3) is 6.73. The molecule has 0 spiro atoms. The Morgan fingerprint density at radius 2 is 1.74 bits per heavy atom. The van der Waals surface area contributed by atoms with E-state index in [-0.39, 0.29) is 40.0 Å². The molecule has 0 atom stereocenters. The molecule has 7 nitrogen and oxygen atoms in total. The number of carbonyl (C=O) groups is 3. The van der Waals surface area contributed by atoms with Crippen LogP contribution in [0, 0.1) is 6.92 Å². The van der Waals surface area contributed by atoms with Crippen molar-refractivity contribution in [1.82, 2.24) is 4.90 Å². The number of anilines is 1. The highest BCUT2D eigenvalue weighted by Gasteiger charge is 2.35. The first kappa shape index (κ1) is 29.5. The van der Waals surface area contributed by atoms with Crippen LogP contribution in [-0.4, -0.2) is 35.2 Å². The predicted octanol–water partition coefficient (Wildman–Crippen LogP) is 8.11. The highest BCUT2D eigenvalue weighted by molar-refractivity contribution is 8.18. The van der Waals surface area contributed by atoms with E-state index < -0.39 is 5.91 Å². The Labute approximate surface area is 257 Å². The summed E-state index contributed by atoms with van der Waals surface area (Å²) < 4.78 is 11.5. The first-order valence-electron chi connectivity index (χ1n) is 13.1. The maximum absolute atomic E-state index is 13.2. The van der Waals surface area contributed by atoms with Crippen LogP contribution in [0.15, 0.2) is 77.7 Å². The number of aryl methyl sites for hydroxylation is 1. The number of benzene rings is 4. The molecule has 4 aromatic rings. The van der Waals surface area contributed by atoms with Gasteiger partial charge < -0.3 is 14.8 Å². The summed E-state index contributed by atoms with van der Waals surface area (Å²) in [5.74, 6) is -0.298. The van der Waals surface area contributed by atoms with Gasteiger partial charge in [0.2, 0.25) is 0 Å². The third-order valence-corrected chi connectivity index (χ3v) is 8.06. The van der Waals surface area contributed by atoms with Crippen molar-refractivity contribution in [1.29, 1.82) is 0 Å². The topological polar surface area (TPSA) is 84.9 Å². The average Bonchev–Trinajstić information content (AvgIpc) is 3.22. The maximum atomic E-state index is 13.2. The van der Waals surface area contributed by atoms with E-state index in [2.05, 4.69) is 5.32 Å². The van der Waals surface area contributed by atoms with Crippen molar-refractivity contribution in [3.63, 3.8) is 0 Å². The standard InChI is InChI=1S/C32H26Cl2N2O5S/c1-3-40-27-14-21(13-26(34)30(27)41-18-29(37)35-24-11-8-19(2)25(33)16-24)15-28-31(38)36(32(39)42-28)17-20-9-10-22-6-4-5-7-23(22)12-20/h4-16H,3,17-18H2,1-2H3,(H,35,37)/b28-15-. The van der Waals surface area contributed by atoms with Gasteiger partial charge in [-0.3, -0.25) is 19.3 Å². The number of rotatable bonds is 9. The Kier molecular flexibility index (Phi) is 9.06. The van der Waals surface area contributed by atoms with E-state index in [1.54, 1.807) is 43.3 Å². The summed E-state index contributed by atoms with van der Waals surface area (Å²) in [7, 11) is 0. The number of hydrogen-bond donors (Lipinski definition) is 1. The molecule has 0 aromatic heterocycles. The quantitative estimate of drug-likeness (QED) is 0.190. The number of thioether (sulfide) groups is 1. The van der Waals surface area contributed by atoms with Gasteiger partial charge in [0.1, 0.15) is 0 Å². The fourth-order valence-corrected chi connectivity index (χ4v) is 5.68. The van der Waals surface area contributed by atoms with E-state index in [0.29, 0.717) is 28.6 Å². The Hall–Kier alpha value is -3.98. The van der Waals surface area contributed by atoms with E-state index in [1.165, 1.54) is 4.90 Å². The molecule has 1 heterocycles. The molecule has 4 aromatic carbocycles. The molecule has 1 aliphatic heterocycles.